The minimum absolute atomic E-state index is 0.0334. The lowest BCUT2D eigenvalue weighted by Crippen LogP contribution is -2.63. The minimum Gasteiger partial charge on any atom is -0.391 e. The summed E-state index contributed by atoms with van der Waals surface area (Å²) in [5.41, 5.74) is 16.3. The van der Waals surface area contributed by atoms with Crippen molar-refractivity contribution in [1.82, 2.24) is 52.8 Å². The van der Waals surface area contributed by atoms with Gasteiger partial charge in [-0.3, -0.25) is 57.7 Å². The van der Waals surface area contributed by atoms with Crippen LogP contribution in [0.4, 0.5) is 0 Å². The maximum absolute atomic E-state index is 14.3. The first-order valence-electron chi connectivity index (χ1n) is 25.7. The highest BCUT2D eigenvalue weighted by molar-refractivity contribution is 5.98. The van der Waals surface area contributed by atoms with Crippen LogP contribution in [-0.4, -0.2) is 162 Å². The number of unbranched alkanes of at least 4 members (excludes halogenated alkanes) is 1. The van der Waals surface area contributed by atoms with E-state index in [0.717, 1.165) is 0 Å². The van der Waals surface area contributed by atoms with Crippen molar-refractivity contribution >= 4 is 70.9 Å². The minimum atomic E-state index is -1.67. The van der Waals surface area contributed by atoms with Crippen molar-refractivity contribution in [2.75, 3.05) is 26.2 Å². The Morgan fingerprint density at radius 1 is 0.608 bits per heavy atom. The molecule has 1 aliphatic rings. The van der Waals surface area contributed by atoms with Crippen LogP contribution in [0.2, 0.25) is 0 Å². The largest absolute Gasteiger partial charge is 0.391 e. The average Bonchev–Trinajstić information content (AvgIpc) is 3.82. The summed E-state index contributed by atoms with van der Waals surface area (Å²) in [5.74, 6) is -8.59. The first-order chi connectivity index (χ1) is 34.8. The summed E-state index contributed by atoms with van der Waals surface area (Å²) in [4.78, 5) is 151. The molecule has 26 nitrogen and oxygen atoms in total. The van der Waals surface area contributed by atoms with E-state index >= 15 is 0 Å². The normalized spacial score (nSPS) is 16.7. The summed E-state index contributed by atoms with van der Waals surface area (Å²) < 4.78 is 0. The van der Waals surface area contributed by atoms with Crippen molar-refractivity contribution in [3.05, 3.63) is 0 Å². The molecule has 1 heterocycles. The van der Waals surface area contributed by atoms with Crippen LogP contribution in [0.5, 0.6) is 0 Å². The molecule has 420 valence electrons. The number of amides is 11. The van der Waals surface area contributed by atoms with E-state index in [1.165, 1.54) is 25.7 Å². The average molecular weight is 1050 g/mol. The van der Waals surface area contributed by atoms with Gasteiger partial charge in [0.25, 0.3) is 0 Å². The van der Waals surface area contributed by atoms with Gasteiger partial charge >= 0.3 is 0 Å². The summed E-state index contributed by atoms with van der Waals surface area (Å²) >= 11 is 0. The van der Waals surface area contributed by atoms with E-state index in [-0.39, 0.29) is 75.9 Å². The lowest BCUT2D eigenvalue weighted by atomic mass is 9.95. The Hall–Kier alpha value is -6.60. The highest BCUT2D eigenvalue weighted by Crippen LogP contribution is 2.20. The predicted octanol–water partition coefficient (Wildman–Crippen LogP) is -2.96. The van der Waals surface area contributed by atoms with Gasteiger partial charge in [0, 0.05) is 46.4 Å². The first kappa shape index (κ1) is 65.4. The number of carbonyl (C=O) groups excluding carboxylic acids is 11. The molecule has 1 aliphatic heterocycles. The molecule has 0 saturated carbocycles. The number of rotatable bonds is 34. The number of nitrogens with zero attached hydrogens (tertiary/aromatic N) is 2. The molecule has 0 bridgehead atoms. The lowest BCUT2D eigenvalue weighted by Gasteiger charge is -2.31. The molecule has 1 rings (SSSR count). The third-order valence-electron chi connectivity index (χ3n) is 12.4. The number of hydrogen-bond donors (Lipinski definition) is 13. The number of nitrogens with one attached hydrogen (secondary N) is 9. The molecule has 0 unspecified atom stereocenters. The monoisotopic (exact) mass is 1050 g/mol. The van der Waals surface area contributed by atoms with E-state index in [9.17, 15) is 57.8 Å². The second-order valence-corrected chi connectivity index (χ2v) is 19.1. The van der Waals surface area contributed by atoms with Crippen LogP contribution in [0.3, 0.4) is 0 Å². The van der Waals surface area contributed by atoms with E-state index in [4.69, 9.17) is 17.2 Å². The van der Waals surface area contributed by atoms with Gasteiger partial charge in [-0.25, -0.2) is 0 Å². The lowest BCUT2D eigenvalue weighted by molar-refractivity contribution is -0.142. The number of hydrogen-bond acceptors (Lipinski definition) is 13. The van der Waals surface area contributed by atoms with Crippen LogP contribution in [0, 0.1) is 11.8 Å². The van der Waals surface area contributed by atoms with Gasteiger partial charge in [0.15, 0.2) is 5.96 Å². The number of guanidine groups is 1. The van der Waals surface area contributed by atoms with E-state index < -0.39 is 119 Å². The molecule has 0 spiro atoms. The van der Waals surface area contributed by atoms with Crippen LogP contribution < -0.4 is 65.1 Å². The SMILES string of the molecule is CCC[C@H](NC(=O)[C@@H](NC(=O)[C@H](NC(=O)[C@@H](NC(=O)[C@H](CCC(N)=O)NC(C)=O)C(C)C)[C@@H](C)CC)[C@@H](C)O)C(=O)N[C@@H](CCCCNC(C)=O)C(=O)N[C@@H](CCCN=C(N)N)C(=O)N1CCC[C@H]1C(=O)NCC. The van der Waals surface area contributed by atoms with Crippen molar-refractivity contribution in [3.8, 4) is 0 Å². The molecular weight excluding hydrogens is 965 g/mol. The Bertz CT molecular complexity index is 1950. The smallest absolute Gasteiger partial charge is 0.245 e. The van der Waals surface area contributed by atoms with Crippen LogP contribution in [0.1, 0.15) is 139 Å². The number of nitrogens with two attached hydrogens (primary N) is 3. The molecule has 0 aromatic heterocycles. The zero-order chi connectivity index (χ0) is 56.2. The molecule has 1 fully saturated rings. The van der Waals surface area contributed by atoms with Gasteiger partial charge < -0.3 is 75.1 Å². The van der Waals surface area contributed by atoms with Gasteiger partial charge in [0.1, 0.15) is 48.3 Å². The molecule has 0 aromatic rings. The third-order valence-corrected chi connectivity index (χ3v) is 12.4. The molecule has 0 aromatic carbocycles. The van der Waals surface area contributed by atoms with Crippen molar-refractivity contribution in [2.24, 2.45) is 34.0 Å². The number of likely N-dealkylation sites (N-methyl/N-ethyl adjacent to an activating group) is 1. The summed E-state index contributed by atoms with van der Waals surface area (Å²) in [6, 6.07) is -9.93. The van der Waals surface area contributed by atoms with Crippen molar-refractivity contribution < 1.29 is 57.8 Å². The molecule has 0 radical (unpaired) electrons. The highest BCUT2D eigenvalue weighted by Gasteiger charge is 2.40. The van der Waals surface area contributed by atoms with Crippen LogP contribution in [-0.2, 0) is 52.7 Å². The zero-order valence-electron chi connectivity index (χ0n) is 44.7. The number of aliphatic hydroxyl groups is 1. The molecule has 10 atom stereocenters. The Labute approximate surface area is 434 Å². The Balaban J connectivity index is 3.47. The quantitative estimate of drug-likeness (QED) is 0.0174. The fourth-order valence-corrected chi connectivity index (χ4v) is 8.11. The topological polar surface area (TPSA) is 410 Å². The standard InChI is InChI=1S/C48H86N14O12/c1-10-17-31(57-46(73)39(28(7)63)61-45(72)38(27(6)11-2)60-44(71)37(26(4)5)59-42(69)33(55-30(9)65)21-22-36(49)66)40(67)56-32(18-13-14-23-53-29(8)64)41(68)58-34(19-15-24-54-48(50)51)47(74)62-25-16-20-35(62)43(70)52-12-3/h26-28,31-35,37-39,63H,10-25H2,1-9H3,(H2,49,66)(H,52,70)(H,53,64)(H,55,65)(H,56,67)(H,57,73)(H,58,68)(H,59,69)(H,60,71)(H,61,72)(H4,50,51,54)/t27-,28+,31-,32-,33-,34-,35-,37-,38+,39-/m0/s1. The van der Waals surface area contributed by atoms with Gasteiger partial charge in [-0.1, -0.05) is 47.5 Å². The van der Waals surface area contributed by atoms with Crippen molar-refractivity contribution in [2.45, 2.75) is 194 Å². The summed E-state index contributed by atoms with van der Waals surface area (Å²) in [5, 5.41) is 34.6. The van der Waals surface area contributed by atoms with Crippen LogP contribution in [0.25, 0.3) is 0 Å². The number of aliphatic imine (C=N–C) groups is 1. The van der Waals surface area contributed by atoms with Crippen LogP contribution >= 0.6 is 0 Å². The number of aliphatic hydroxyl groups excluding tert-OH is 1. The summed E-state index contributed by atoms with van der Waals surface area (Å²) in [6.07, 6.45) is 0.894. The van der Waals surface area contributed by atoms with Crippen molar-refractivity contribution in [1.29, 1.82) is 0 Å². The fourth-order valence-electron chi connectivity index (χ4n) is 8.11. The second kappa shape index (κ2) is 34.0. The number of carbonyl (C=O) groups is 11. The maximum atomic E-state index is 14.3. The third kappa shape index (κ3) is 23.5. The molecule has 0 aliphatic carbocycles. The van der Waals surface area contributed by atoms with Gasteiger partial charge in [-0.05, 0) is 83.5 Å². The Morgan fingerprint density at radius 2 is 1.14 bits per heavy atom. The predicted molar refractivity (Wildman–Crippen MR) is 274 cm³/mol. The zero-order valence-corrected chi connectivity index (χ0v) is 44.7. The number of primary amides is 1. The van der Waals surface area contributed by atoms with Gasteiger partial charge in [0.05, 0.1) is 6.10 Å². The van der Waals surface area contributed by atoms with Crippen molar-refractivity contribution in [3.63, 3.8) is 0 Å². The maximum Gasteiger partial charge on any atom is 0.245 e. The highest BCUT2D eigenvalue weighted by atomic mass is 16.3. The summed E-state index contributed by atoms with van der Waals surface area (Å²) in [6.45, 7) is 15.0. The molecular formula is C48H86N14O12. The molecule has 1 saturated heterocycles. The van der Waals surface area contributed by atoms with E-state index in [1.54, 1.807) is 41.5 Å². The van der Waals surface area contributed by atoms with Gasteiger partial charge in [-0.2, -0.15) is 0 Å². The molecule has 16 N–H and O–H groups in total. The van der Waals surface area contributed by atoms with E-state index in [1.807, 2.05) is 0 Å². The second-order valence-electron chi connectivity index (χ2n) is 19.1. The van der Waals surface area contributed by atoms with Crippen LogP contribution in [0.15, 0.2) is 4.99 Å². The van der Waals surface area contributed by atoms with E-state index in [2.05, 4.69) is 52.8 Å². The van der Waals surface area contributed by atoms with E-state index in [0.29, 0.717) is 45.1 Å². The van der Waals surface area contributed by atoms with Gasteiger partial charge in [0.2, 0.25) is 65.0 Å². The Morgan fingerprint density at radius 3 is 1.68 bits per heavy atom. The fraction of sp³-hybridized carbons (Fsp3) is 0.750. The van der Waals surface area contributed by atoms with Gasteiger partial charge in [-0.15, -0.1) is 0 Å². The molecule has 11 amide bonds. The Kier molecular flexibility index (Phi) is 30.1. The summed E-state index contributed by atoms with van der Waals surface area (Å²) in [7, 11) is 0. The number of likely N-dealkylation sites (tertiary alicyclic amines) is 1. The first-order valence-corrected chi connectivity index (χ1v) is 25.7. The molecule has 74 heavy (non-hydrogen) atoms. The molecule has 26 heteroatoms.